The van der Waals surface area contributed by atoms with Crippen molar-refractivity contribution in [3.05, 3.63) is 36.2 Å². The maximum atomic E-state index is 12.2. The lowest BCUT2D eigenvalue weighted by Crippen LogP contribution is -2.08. The highest BCUT2D eigenvalue weighted by atomic mass is 19.4. The molecule has 2 rings (SSSR count). The van der Waals surface area contributed by atoms with Crippen LogP contribution in [-0.2, 0) is 6.18 Å². The summed E-state index contributed by atoms with van der Waals surface area (Å²) in [5.74, 6) is 0. The highest BCUT2D eigenvalue weighted by Gasteiger charge is 2.32. The van der Waals surface area contributed by atoms with E-state index in [9.17, 15) is 13.2 Å². The fourth-order valence-electron chi connectivity index (χ4n) is 1.04. The number of aromatic nitrogens is 2. The van der Waals surface area contributed by atoms with Gasteiger partial charge in [0, 0.05) is 0 Å². The molecule has 0 spiro atoms. The van der Waals surface area contributed by atoms with E-state index in [1.54, 1.807) is 12.1 Å². The topological polar surface area (TPSA) is 25.8 Å². The van der Waals surface area contributed by atoms with Gasteiger partial charge in [-0.25, -0.2) is 4.98 Å². The largest absolute Gasteiger partial charge is 0.434 e. The van der Waals surface area contributed by atoms with Crippen molar-refractivity contribution in [3.8, 4) is 0 Å². The lowest BCUT2D eigenvalue weighted by atomic mass is 10.3. The molecule has 0 saturated heterocycles. The molecule has 1 aromatic heterocycles. The maximum Gasteiger partial charge on any atom is 0.434 e. The molecule has 2 nitrogen and oxygen atoms in total. The Balaban J connectivity index is 2.63. The molecule has 0 fully saturated rings. The van der Waals surface area contributed by atoms with Gasteiger partial charge in [-0.15, -0.1) is 0 Å². The molecule has 0 aliphatic rings. The third kappa shape index (κ3) is 1.53. The zero-order valence-electron chi connectivity index (χ0n) is 6.84. The second-order valence-corrected chi connectivity index (χ2v) is 2.67. The number of nitrogens with zero attached hydrogens (tertiary/aromatic N) is 2. The van der Waals surface area contributed by atoms with E-state index < -0.39 is 11.9 Å². The first-order valence-corrected chi connectivity index (χ1v) is 3.77. The second kappa shape index (κ2) is 2.94. The summed E-state index contributed by atoms with van der Waals surface area (Å²) in [7, 11) is 0. The molecule has 0 aliphatic carbocycles. The van der Waals surface area contributed by atoms with Crippen LogP contribution in [0.3, 0.4) is 0 Å². The predicted molar refractivity (Wildman–Crippen MR) is 43.4 cm³/mol. The molecule has 0 N–H and O–H groups in total. The first kappa shape index (κ1) is 8.93. The fourth-order valence-corrected chi connectivity index (χ4v) is 1.04. The molecule has 1 heterocycles. The van der Waals surface area contributed by atoms with E-state index in [0.29, 0.717) is 5.52 Å². The monoisotopic (exact) mass is 197 g/mol. The van der Waals surface area contributed by atoms with Crippen LogP contribution in [0.4, 0.5) is 13.2 Å². The third-order valence-corrected chi connectivity index (χ3v) is 1.68. The van der Waals surface area contributed by atoms with Crippen molar-refractivity contribution in [1.82, 2.24) is 9.97 Å². The van der Waals surface area contributed by atoms with Crippen LogP contribution in [0.5, 0.6) is 0 Å². The Kier molecular flexibility index (Phi) is 1.87. The number of alkyl halides is 3. The van der Waals surface area contributed by atoms with Crippen LogP contribution in [0.2, 0.25) is 0 Å². The van der Waals surface area contributed by atoms with Gasteiger partial charge in [0.25, 0.3) is 0 Å². The van der Waals surface area contributed by atoms with Gasteiger partial charge in [0.2, 0.25) is 0 Å². The van der Waals surface area contributed by atoms with Gasteiger partial charge >= 0.3 is 6.18 Å². The minimum Gasteiger partial charge on any atom is -0.252 e. The van der Waals surface area contributed by atoms with E-state index in [-0.39, 0.29) is 5.52 Å². The quantitative estimate of drug-likeness (QED) is 0.648. The van der Waals surface area contributed by atoms with E-state index in [1.807, 2.05) is 0 Å². The minimum atomic E-state index is -4.45. The average molecular weight is 197 g/mol. The first-order chi connectivity index (χ1) is 6.57. The fraction of sp³-hybridized carbons (Fsp3) is 0.111. The Hall–Kier alpha value is -1.65. The van der Waals surface area contributed by atoms with Gasteiger partial charge in [0.15, 0.2) is 5.69 Å². The maximum absolute atomic E-state index is 12.2. The van der Waals surface area contributed by atoms with Gasteiger partial charge in [-0.05, 0) is 18.2 Å². The van der Waals surface area contributed by atoms with E-state index in [0.717, 1.165) is 6.20 Å². The third-order valence-electron chi connectivity index (χ3n) is 1.68. The highest BCUT2D eigenvalue weighted by molar-refractivity contribution is 5.73. The standard InChI is InChI=1S/C9H4F3N2/c10-9(11,12)8-5-13-6-3-1-2-4-7(6)14-8/h1,3-5H. The molecule has 2 aromatic rings. The first-order valence-electron chi connectivity index (χ1n) is 3.77. The molecule has 0 atom stereocenters. The molecule has 0 bridgehead atoms. The SMILES string of the molecule is FC(F)(F)c1cnc2cc[c]cc2n1. The number of rotatable bonds is 0. The van der Waals surface area contributed by atoms with E-state index >= 15 is 0 Å². The van der Waals surface area contributed by atoms with Crippen LogP contribution < -0.4 is 0 Å². The zero-order valence-corrected chi connectivity index (χ0v) is 6.84. The summed E-state index contributed by atoms with van der Waals surface area (Å²) in [5, 5.41) is 0. The van der Waals surface area contributed by atoms with Crippen molar-refractivity contribution in [2.75, 3.05) is 0 Å². The van der Waals surface area contributed by atoms with Crippen molar-refractivity contribution in [2.24, 2.45) is 0 Å². The van der Waals surface area contributed by atoms with E-state index in [2.05, 4.69) is 16.0 Å². The van der Waals surface area contributed by atoms with Crippen LogP contribution >= 0.6 is 0 Å². The van der Waals surface area contributed by atoms with Crippen molar-refractivity contribution in [1.29, 1.82) is 0 Å². The smallest absolute Gasteiger partial charge is 0.252 e. The number of hydrogen-bond donors (Lipinski definition) is 0. The average Bonchev–Trinajstić information content (AvgIpc) is 2.16. The van der Waals surface area contributed by atoms with Crippen LogP contribution in [0.25, 0.3) is 11.0 Å². The lowest BCUT2D eigenvalue weighted by Gasteiger charge is -2.05. The van der Waals surface area contributed by atoms with Crippen LogP contribution in [-0.4, -0.2) is 9.97 Å². The van der Waals surface area contributed by atoms with Gasteiger partial charge in [-0.2, -0.15) is 13.2 Å². The Morgan fingerprint density at radius 2 is 2.00 bits per heavy atom. The molecule has 71 valence electrons. The van der Waals surface area contributed by atoms with Crippen molar-refractivity contribution in [2.45, 2.75) is 6.18 Å². The molecule has 0 amide bonds. The van der Waals surface area contributed by atoms with E-state index in [1.165, 1.54) is 6.07 Å². The lowest BCUT2D eigenvalue weighted by molar-refractivity contribution is -0.141. The Bertz CT molecular complexity index is 465. The number of benzene rings is 1. The van der Waals surface area contributed by atoms with Crippen LogP contribution in [0.15, 0.2) is 24.4 Å². The molecule has 5 heteroatoms. The highest BCUT2D eigenvalue weighted by Crippen LogP contribution is 2.27. The van der Waals surface area contributed by atoms with Crippen molar-refractivity contribution < 1.29 is 13.2 Å². The molecule has 1 aromatic carbocycles. The Morgan fingerprint density at radius 1 is 1.21 bits per heavy atom. The van der Waals surface area contributed by atoms with Gasteiger partial charge in [0.1, 0.15) is 0 Å². The summed E-state index contributed by atoms with van der Waals surface area (Å²) in [6.07, 6.45) is -3.72. The van der Waals surface area contributed by atoms with Gasteiger partial charge < -0.3 is 0 Å². The molecule has 1 radical (unpaired) electrons. The molecule has 14 heavy (non-hydrogen) atoms. The van der Waals surface area contributed by atoms with Crippen LogP contribution in [0.1, 0.15) is 5.69 Å². The summed E-state index contributed by atoms with van der Waals surface area (Å²) in [6.45, 7) is 0. The number of halogens is 3. The summed E-state index contributed by atoms with van der Waals surface area (Å²) in [6, 6.07) is 7.15. The minimum absolute atomic E-state index is 0.197. The van der Waals surface area contributed by atoms with Crippen molar-refractivity contribution in [3.63, 3.8) is 0 Å². The Labute approximate surface area is 77.4 Å². The van der Waals surface area contributed by atoms with Gasteiger partial charge in [-0.1, -0.05) is 6.07 Å². The molecular weight excluding hydrogens is 193 g/mol. The summed E-state index contributed by atoms with van der Waals surface area (Å²) in [4.78, 5) is 7.07. The Morgan fingerprint density at radius 3 is 2.71 bits per heavy atom. The number of fused-ring (bicyclic) bond motifs is 1. The normalized spacial score (nSPS) is 11.9. The summed E-state index contributed by atoms with van der Waals surface area (Å²) < 4.78 is 36.6. The van der Waals surface area contributed by atoms with Gasteiger partial charge in [-0.3, -0.25) is 4.98 Å². The summed E-state index contributed by atoms with van der Waals surface area (Å²) >= 11 is 0. The second-order valence-electron chi connectivity index (χ2n) is 2.67. The number of hydrogen-bond acceptors (Lipinski definition) is 2. The molecule has 0 unspecified atom stereocenters. The summed E-state index contributed by atoms with van der Waals surface area (Å²) in [5.41, 5.74) is -0.358. The molecule has 0 saturated carbocycles. The predicted octanol–water partition coefficient (Wildman–Crippen LogP) is 2.45. The van der Waals surface area contributed by atoms with Gasteiger partial charge in [0.05, 0.1) is 17.2 Å². The zero-order chi connectivity index (χ0) is 10.2. The van der Waals surface area contributed by atoms with E-state index in [4.69, 9.17) is 0 Å². The molecular formula is C9H4F3N2. The molecule has 0 aliphatic heterocycles. The van der Waals surface area contributed by atoms with Crippen LogP contribution in [0, 0.1) is 6.07 Å². The van der Waals surface area contributed by atoms with Crippen molar-refractivity contribution >= 4 is 11.0 Å².